The number of aromatic nitrogens is 1. The first-order valence-electron chi connectivity index (χ1n) is 8.13. The van der Waals surface area contributed by atoms with E-state index >= 15 is 0 Å². The fourth-order valence-electron chi connectivity index (χ4n) is 3.10. The Labute approximate surface area is 145 Å². The smallest absolute Gasteiger partial charge is 0.205 e. The van der Waals surface area contributed by atoms with Gasteiger partial charge in [0.05, 0.1) is 11.4 Å². The number of fused-ring (bicyclic) bond motifs is 1. The first-order chi connectivity index (χ1) is 11.8. The monoisotopic (exact) mass is 333 g/mol. The van der Waals surface area contributed by atoms with E-state index in [9.17, 15) is 0 Å². The summed E-state index contributed by atoms with van der Waals surface area (Å²) in [5.74, 6) is 0. The molecule has 0 amide bonds. The third-order valence-corrected chi connectivity index (χ3v) is 5.31. The van der Waals surface area contributed by atoms with E-state index in [-0.39, 0.29) is 0 Å². The van der Waals surface area contributed by atoms with Gasteiger partial charge in [0.2, 0.25) is 4.80 Å². The molecule has 0 saturated heterocycles. The summed E-state index contributed by atoms with van der Waals surface area (Å²) in [6.07, 6.45) is 2.05. The minimum atomic E-state index is 0.919. The minimum Gasteiger partial charge on any atom is -0.261 e. The summed E-state index contributed by atoms with van der Waals surface area (Å²) in [7, 11) is 1.82. The van der Waals surface area contributed by atoms with Crippen LogP contribution in [0.5, 0.6) is 0 Å². The van der Waals surface area contributed by atoms with Crippen molar-refractivity contribution in [1.29, 1.82) is 0 Å². The molecule has 0 spiro atoms. The Morgan fingerprint density at radius 3 is 2.58 bits per heavy atom. The van der Waals surface area contributed by atoms with Crippen LogP contribution in [0.2, 0.25) is 0 Å². The zero-order valence-corrected chi connectivity index (χ0v) is 14.7. The molecular weight excluding hydrogens is 314 g/mol. The average molecular weight is 333 g/mol. The number of benzene rings is 2. The van der Waals surface area contributed by atoms with Crippen molar-refractivity contribution in [3.63, 3.8) is 0 Å². The Hall–Kier alpha value is -2.46. The molecule has 0 fully saturated rings. The molecule has 1 aliphatic rings. The Bertz CT molecular complexity index is 975. The average Bonchev–Trinajstić information content (AvgIpc) is 3.21. The fourth-order valence-corrected chi connectivity index (χ4v) is 3.90. The molecule has 4 heteroatoms. The van der Waals surface area contributed by atoms with Gasteiger partial charge in [0.15, 0.2) is 0 Å². The van der Waals surface area contributed by atoms with Gasteiger partial charge in [0, 0.05) is 23.6 Å². The van der Waals surface area contributed by atoms with Crippen LogP contribution in [0.4, 0.5) is 0 Å². The zero-order chi connectivity index (χ0) is 16.5. The molecule has 0 bridgehead atoms. The third kappa shape index (κ3) is 2.63. The van der Waals surface area contributed by atoms with Gasteiger partial charge in [0.1, 0.15) is 0 Å². The van der Waals surface area contributed by atoms with Gasteiger partial charge >= 0.3 is 0 Å². The van der Waals surface area contributed by atoms with Crippen LogP contribution < -0.4 is 4.80 Å². The molecule has 1 aliphatic carbocycles. The molecular formula is C20H19N3S. The normalized spacial score (nSPS) is 15.9. The lowest BCUT2D eigenvalue weighted by Crippen LogP contribution is -2.14. The van der Waals surface area contributed by atoms with E-state index in [0.717, 1.165) is 29.0 Å². The lowest BCUT2D eigenvalue weighted by molar-refractivity contribution is 0.837. The Morgan fingerprint density at radius 2 is 1.79 bits per heavy atom. The van der Waals surface area contributed by atoms with E-state index in [1.807, 2.05) is 11.7 Å². The first-order valence-corrected chi connectivity index (χ1v) is 9.01. The highest BCUT2D eigenvalue weighted by Gasteiger charge is 2.18. The van der Waals surface area contributed by atoms with Crippen LogP contribution in [0.25, 0.3) is 11.3 Å². The van der Waals surface area contributed by atoms with Gasteiger partial charge in [-0.1, -0.05) is 54.1 Å². The molecule has 0 N–H and O–H groups in total. The second-order valence-corrected chi connectivity index (χ2v) is 6.85. The van der Waals surface area contributed by atoms with Crippen molar-refractivity contribution < 1.29 is 0 Å². The van der Waals surface area contributed by atoms with Crippen molar-refractivity contribution in [3.8, 4) is 11.3 Å². The predicted molar refractivity (Wildman–Crippen MR) is 101 cm³/mol. The van der Waals surface area contributed by atoms with Crippen LogP contribution in [-0.4, -0.2) is 17.4 Å². The second-order valence-electron chi connectivity index (χ2n) is 6.01. The van der Waals surface area contributed by atoms with Gasteiger partial charge < -0.3 is 0 Å². The zero-order valence-electron chi connectivity index (χ0n) is 13.9. The summed E-state index contributed by atoms with van der Waals surface area (Å²) in [6, 6.07) is 17.1. The molecule has 3 nitrogen and oxygen atoms in total. The van der Waals surface area contributed by atoms with Crippen LogP contribution in [0, 0.1) is 6.92 Å². The van der Waals surface area contributed by atoms with E-state index in [2.05, 4.69) is 65.8 Å². The van der Waals surface area contributed by atoms with Gasteiger partial charge in [-0.25, -0.2) is 4.68 Å². The molecule has 1 aromatic heterocycles. The molecule has 0 atom stereocenters. The van der Waals surface area contributed by atoms with Crippen molar-refractivity contribution in [2.45, 2.75) is 19.8 Å². The summed E-state index contributed by atoms with van der Waals surface area (Å²) in [5.41, 5.74) is 7.33. The van der Waals surface area contributed by atoms with Gasteiger partial charge in [-0.2, -0.15) is 5.10 Å². The lowest BCUT2D eigenvalue weighted by Gasteiger charge is -2.06. The van der Waals surface area contributed by atoms with Crippen LogP contribution in [0.1, 0.15) is 23.1 Å². The van der Waals surface area contributed by atoms with Gasteiger partial charge in [-0.15, -0.1) is 11.3 Å². The summed E-state index contributed by atoms with van der Waals surface area (Å²) in [5, 5.41) is 7.12. The van der Waals surface area contributed by atoms with E-state index < -0.39 is 0 Å². The summed E-state index contributed by atoms with van der Waals surface area (Å²) in [6.45, 7) is 2.11. The Kier molecular flexibility index (Phi) is 3.90. The summed E-state index contributed by atoms with van der Waals surface area (Å²) >= 11 is 1.63. The fraction of sp³-hybridized carbons (Fsp3) is 0.200. The molecule has 0 saturated carbocycles. The number of rotatable bonds is 2. The first kappa shape index (κ1) is 15.1. The molecule has 0 aliphatic heterocycles. The van der Waals surface area contributed by atoms with Crippen LogP contribution >= 0.6 is 11.3 Å². The molecule has 3 aromatic rings. The minimum absolute atomic E-state index is 0.919. The topological polar surface area (TPSA) is 29.6 Å². The highest BCUT2D eigenvalue weighted by Crippen LogP contribution is 2.25. The number of hydrogen-bond acceptors (Lipinski definition) is 3. The predicted octanol–water partition coefficient (Wildman–Crippen LogP) is 4.25. The second kappa shape index (κ2) is 6.21. The lowest BCUT2D eigenvalue weighted by atomic mass is 10.1. The number of thiazole rings is 1. The van der Waals surface area contributed by atoms with Gasteiger partial charge in [-0.05, 0) is 25.3 Å². The Balaban J connectivity index is 1.86. The van der Waals surface area contributed by atoms with E-state index in [0.29, 0.717) is 0 Å². The molecule has 4 rings (SSSR count). The maximum atomic E-state index is 4.98. The highest BCUT2D eigenvalue weighted by molar-refractivity contribution is 7.07. The maximum absolute atomic E-state index is 4.98. The number of nitrogens with zero attached hydrogens (tertiary/aromatic N) is 3. The maximum Gasteiger partial charge on any atom is 0.205 e. The quantitative estimate of drug-likeness (QED) is 0.671. The van der Waals surface area contributed by atoms with Crippen molar-refractivity contribution in [2.75, 3.05) is 7.05 Å². The number of aryl methyl sites for hydroxylation is 2. The van der Waals surface area contributed by atoms with Crippen LogP contribution in [0.3, 0.4) is 0 Å². The summed E-state index contributed by atoms with van der Waals surface area (Å²) in [4.78, 5) is 5.33. The van der Waals surface area contributed by atoms with E-state index in [1.54, 1.807) is 11.3 Å². The van der Waals surface area contributed by atoms with Crippen molar-refractivity contribution in [3.05, 3.63) is 75.4 Å². The number of hydrogen-bond donors (Lipinski definition) is 0. The largest absolute Gasteiger partial charge is 0.261 e. The molecule has 2 aromatic carbocycles. The van der Waals surface area contributed by atoms with Crippen molar-refractivity contribution in [2.24, 2.45) is 10.1 Å². The van der Waals surface area contributed by atoms with Crippen LogP contribution in [0.15, 0.2) is 64.0 Å². The molecule has 24 heavy (non-hydrogen) atoms. The standard InChI is InChI=1S/C20H19N3S/c1-14-7-9-16(10-8-14)19-13-24-20(21-2)23(19)22-18-12-11-15-5-3-4-6-17(15)18/h3-10,13H,11-12H2,1-2H3. The Morgan fingerprint density at radius 1 is 1.00 bits per heavy atom. The SMILES string of the molecule is CN=c1scc(-c2ccc(C)cc2)n1N=C1CCc2ccccc21. The molecule has 1 heterocycles. The molecule has 0 unspecified atom stereocenters. The van der Waals surface area contributed by atoms with Gasteiger partial charge in [-0.3, -0.25) is 4.99 Å². The van der Waals surface area contributed by atoms with Crippen LogP contribution in [-0.2, 0) is 6.42 Å². The third-order valence-electron chi connectivity index (χ3n) is 4.40. The van der Waals surface area contributed by atoms with Crippen molar-refractivity contribution in [1.82, 2.24) is 4.68 Å². The van der Waals surface area contributed by atoms with E-state index in [1.165, 1.54) is 22.3 Å². The van der Waals surface area contributed by atoms with E-state index in [4.69, 9.17) is 5.10 Å². The molecule has 0 radical (unpaired) electrons. The summed E-state index contributed by atoms with van der Waals surface area (Å²) < 4.78 is 1.99. The molecule has 120 valence electrons. The van der Waals surface area contributed by atoms with Gasteiger partial charge in [0.25, 0.3) is 0 Å². The highest BCUT2D eigenvalue weighted by atomic mass is 32.1. The van der Waals surface area contributed by atoms with Crippen molar-refractivity contribution >= 4 is 17.0 Å².